The maximum absolute atomic E-state index is 12.8. The molecular weight excluding hydrogens is 380 g/mol. The molecule has 1 aliphatic rings. The number of piperidine rings is 1. The zero-order valence-electron chi connectivity index (χ0n) is 16.2. The summed E-state index contributed by atoms with van der Waals surface area (Å²) in [7, 11) is 0. The van der Waals surface area contributed by atoms with Crippen molar-refractivity contribution in [3.63, 3.8) is 0 Å². The number of fused-ring (bicyclic) bond motifs is 1. The van der Waals surface area contributed by atoms with Crippen molar-refractivity contribution in [1.82, 2.24) is 29.9 Å². The second kappa shape index (κ2) is 7.86. The smallest absolute Gasteiger partial charge is 0.227 e. The van der Waals surface area contributed by atoms with Gasteiger partial charge in [0.2, 0.25) is 5.91 Å². The van der Waals surface area contributed by atoms with E-state index in [4.69, 9.17) is 0 Å². The fourth-order valence-electron chi connectivity index (χ4n) is 3.75. The molecule has 4 aromatic rings. The summed E-state index contributed by atoms with van der Waals surface area (Å²) < 4.78 is 1.57. The minimum Gasteiger partial charge on any atom is -0.355 e. The lowest BCUT2D eigenvalue weighted by molar-refractivity contribution is -0.120. The zero-order valence-corrected chi connectivity index (χ0v) is 16.2. The lowest BCUT2D eigenvalue weighted by Crippen LogP contribution is -2.38. The van der Waals surface area contributed by atoms with Crippen LogP contribution in [0.1, 0.15) is 12.8 Å². The summed E-state index contributed by atoms with van der Waals surface area (Å²) in [5.74, 6) is 1.45. The number of anilines is 2. The first-order valence-corrected chi connectivity index (χ1v) is 9.86. The zero-order chi connectivity index (χ0) is 20.3. The van der Waals surface area contributed by atoms with E-state index in [9.17, 15) is 4.79 Å². The second-order valence-corrected chi connectivity index (χ2v) is 7.22. The van der Waals surface area contributed by atoms with Crippen LogP contribution in [0.5, 0.6) is 0 Å². The largest absolute Gasteiger partial charge is 0.355 e. The summed E-state index contributed by atoms with van der Waals surface area (Å²) in [5, 5.41) is 16.6. The van der Waals surface area contributed by atoms with Gasteiger partial charge in [0.25, 0.3) is 0 Å². The van der Waals surface area contributed by atoms with E-state index in [-0.39, 0.29) is 11.8 Å². The molecule has 0 bridgehead atoms. The SMILES string of the molecule is O=C(Nc1cccc2ncccc12)C1CCN(c2ccc(-n3cncn3)nn2)CC1. The average Bonchev–Trinajstić information content (AvgIpc) is 3.35. The fraction of sp³-hybridized carbons (Fsp3) is 0.238. The Morgan fingerprint density at radius 1 is 1.00 bits per heavy atom. The molecule has 0 unspecified atom stereocenters. The van der Waals surface area contributed by atoms with Crippen LogP contribution in [-0.4, -0.2) is 48.9 Å². The number of carbonyl (C=O) groups is 1. The van der Waals surface area contributed by atoms with Crippen molar-refractivity contribution in [2.75, 3.05) is 23.3 Å². The standard InChI is InChI=1S/C21H20N8O/c30-21(25-18-5-1-4-17-16(18)3-2-10-23-17)15-8-11-28(12-9-15)19-6-7-20(27-26-19)29-14-22-13-24-29/h1-7,10,13-15H,8-9,11-12H2,(H,25,30). The first-order chi connectivity index (χ1) is 14.8. The quantitative estimate of drug-likeness (QED) is 0.561. The molecule has 4 heterocycles. The summed E-state index contributed by atoms with van der Waals surface area (Å²) in [5.41, 5.74) is 1.68. The first-order valence-electron chi connectivity index (χ1n) is 9.86. The highest BCUT2D eigenvalue weighted by Crippen LogP contribution is 2.26. The molecule has 150 valence electrons. The van der Waals surface area contributed by atoms with Crippen LogP contribution in [0.25, 0.3) is 16.7 Å². The Balaban J connectivity index is 1.22. The molecule has 0 spiro atoms. The van der Waals surface area contributed by atoms with Gasteiger partial charge in [-0.05, 0) is 49.2 Å². The highest BCUT2D eigenvalue weighted by Gasteiger charge is 2.26. The number of pyridine rings is 1. The van der Waals surface area contributed by atoms with Crippen molar-refractivity contribution in [2.45, 2.75) is 12.8 Å². The van der Waals surface area contributed by atoms with Gasteiger partial charge in [-0.15, -0.1) is 10.2 Å². The van der Waals surface area contributed by atoms with Gasteiger partial charge in [0.05, 0.1) is 11.2 Å². The van der Waals surface area contributed by atoms with E-state index in [0.29, 0.717) is 5.82 Å². The summed E-state index contributed by atoms with van der Waals surface area (Å²) in [4.78, 5) is 23.3. The number of rotatable bonds is 4. The van der Waals surface area contributed by atoms with E-state index in [1.165, 1.54) is 6.33 Å². The lowest BCUT2D eigenvalue weighted by Gasteiger charge is -2.31. The van der Waals surface area contributed by atoms with Gasteiger partial charge in [-0.2, -0.15) is 5.10 Å². The Kier molecular flexibility index (Phi) is 4.76. The van der Waals surface area contributed by atoms with Gasteiger partial charge < -0.3 is 10.2 Å². The van der Waals surface area contributed by atoms with E-state index in [1.54, 1.807) is 17.2 Å². The van der Waals surface area contributed by atoms with Crippen molar-refractivity contribution < 1.29 is 4.79 Å². The van der Waals surface area contributed by atoms with Crippen LogP contribution in [0.15, 0.2) is 61.3 Å². The van der Waals surface area contributed by atoms with Crippen molar-refractivity contribution in [3.05, 3.63) is 61.3 Å². The average molecular weight is 400 g/mol. The van der Waals surface area contributed by atoms with Crippen LogP contribution in [0.2, 0.25) is 0 Å². The third-order valence-corrected chi connectivity index (χ3v) is 5.38. The van der Waals surface area contributed by atoms with Gasteiger partial charge in [0.15, 0.2) is 11.6 Å². The van der Waals surface area contributed by atoms with Gasteiger partial charge in [0.1, 0.15) is 12.7 Å². The van der Waals surface area contributed by atoms with Crippen LogP contribution in [0.3, 0.4) is 0 Å². The topological polar surface area (TPSA) is 102 Å². The van der Waals surface area contributed by atoms with E-state index in [0.717, 1.165) is 48.3 Å². The molecule has 1 N–H and O–H groups in total. The highest BCUT2D eigenvalue weighted by atomic mass is 16.1. The molecule has 0 saturated carbocycles. The number of aromatic nitrogens is 6. The number of carbonyl (C=O) groups excluding carboxylic acids is 1. The van der Waals surface area contributed by atoms with Crippen LogP contribution in [0.4, 0.5) is 11.5 Å². The Labute approximate surface area is 172 Å². The summed E-state index contributed by atoms with van der Waals surface area (Å²) in [6.07, 6.45) is 6.33. The van der Waals surface area contributed by atoms with Crippen molar-refractivity contribution >= 4 is 28.3 Å². The molecule has 1 aromatic carbocycles. The molecule has 9 heteroatoms. The third kappa shape index (κ3) is 3.57. The predicted octanol–water partition coefficient (Wildman–Crippen LogP) is 2.46. The van der Waals surface area contributed by atoms with Gasteiger partial charge in [-0.3, -0.25) is 9.78 Å². The van der Waals surface area contributed by atoms with Crippen LogP contribution < -0.4 is 10.2 Å². The molecule has 1 amide bonds. The molecule has 0 radical (unpaired) electrons. The molecule has 0 aliphatic carbocycles. The number of amides is 1. The predicted molar refractivity (Wildman–Crippen MR) is 112 cm³/mol. The number of hydrogen-bond acceptors (Lipinski definition) is 7. The molecule has 9 nitrogen and oxygen atoms in total. The number of nitrogens with one attached hydrogen (secondary N) is 1. The van der Waals surface area contributed by atoms with E-state index >= 15 is 0 Å². The lowest BCUT2D eigenvalue weighted by atomic mass is 9.95. The molecule has 1 fully saturated rings. The van der Waals surface area contributed by atoms with Gasteiger partial charge in [-0.1, -0.05) is 6.07 Å². The maximum Gasteiger partial charge on any atom is 0.227 e. The highest BCUT2D eigenvalue weighted by molar-refractivity contribution is 6.01. The van der Waals surface area contributed by atoms with Crippen LogP contribution in [-0.2, 0) is 4.79 Å². The molecule has 1 saturated heterocycles. The van der Waals surface area contributed by atoms with E-state index < -0.39 is 0 Å². The van der Waals surface area contributed by atoms with E-state index in [1.807, 2.05) is 42.5 Å². The van der Waals surface area contributed by atoms with Gasteiger partial charge in [0, 0.05) is 30.6 Å². The molecule has 1 aliphatic heterocycles. The summed E-state index contributed by atoms with van der Waals surface area (Å²) in [6.45, 7) is 1.51. The minimum absolute atomic E-state index is 0.0319. The molecule has 30 heavy (non-hydrogen) atoms. The van der Waals surface area contributed by atoms with Crippen LogP contribution >= 0.6 is 0 Å². The summed E-state index contributed by atoms with van der Waals surface area (Å²) >= 11 is 0. The van der Waals surface area contributed by atoms with Crippen molar-refractivity contribution in [2.24, 2.45) is 5.92 Å². The molecule has 5 rings (SSSR count). The monoisotopic (exact) mass is 400 g/mol. The van der Waals surface area contributed by atoms with Crippen molar-refractivity contribution in [1.29, 1.82) is 0 Å². The van der Waals surface area contributed by atoms with E-state index in [2.05, 4.69) is 35.5 Å². The van der Waals surface area contributed by atoms with Gasteiger partial charge >= 0.3 is 0 Å². The second-order valence-electron chi connectivity index (χ2n) is 7.22. The molecular formula is C21H20N8O. The maximum atomic E-state index is 12.8. The first kappa shape index (κ1) is 18.2. The van der Waals surface area contributed by atoms with Gasteiger partial charge in [-0.25, -0.2) is 9.67 Å². The normalized spacial score (nSPS) is 14.7. The number of hydrogen-bond donors (Lipinski definition) is 1. The molecule has 3 aromatic heterocycles. The molecule has 0 atom stereocenters. The Morgan fingerprint density at radius 2 is 1.83 bits per heavy atom. The fourth-order valence-corrected chi connectivity index (χ4v) is 3.75. The minimum atomic E-state index is -0.0319. The number of nitrogens with zero attached hydrogens (tertiary/aromatic N) is 7. The number of benzene rings is 1. The summed E-state index contributed by atoms with van der Waals surface area (Å²) in [6, 6.07) is 13.4. The Morgan fingerprint density at radius 3 is 2.60 bits per heavy atom. The van der Waals surface area contributed by atoms with Crippen LogP contribution in [0, 0.1) is 5.92 Å². The van der Waals surface area contributed by atoms with Crippen molar-refractivity contribution in [3.8, 4) is 5.82 Å². The Hall–Kier alpha value is -3.88. The Bertz CT molecular complexity index is 1150. The third-order valence-electron chi connectivity index (χ3n) is 5.38.